The highest BCUT2D eigenvalue weighted by Crippen LogP contribution is 2.20. The number of hydrogen-bond acceptors (Lipinski definition) is 3. The summed E-state index contributed by atoms with van der Waals surface area (Å²) in [6.07, 6.45) is 0. The molecule has 0 aliphatic carbocycles. The van der Waals surface area contributed by atoms with Gasteiger partial charge < -0.3 is 15.4 Å². The van der Waals surface area contributed by atoms with E-state index in [1.807, 2.05) is 31.2 Å². The maximum atomic E-state index is 11.1. The maximum Gasteiger partial charge on any atom is 0.224 e. The Bertz CT molecular complexity index is 383. The van der Waals surface area contributed by atoms with Crippen molar-refractivity contribution in [1.82, 2.24) is 0 Å². The number of amides is 1. The van der Waals surface area contributed by atoms with Crippen LogP contribution in [-0.2, 0) is 9.53 Å². The van der Waals surface area contributed by atoms with Crippen LogP contribution in [0.2, 0.25) is 0 Å². The molecule has 2 N–H and O–H groups in total. The zero-order valence-corrected chi connectivity index (χ0v) is 10.1. The normalized spacial score (nSPS) is 17.8. The van der Waals surface area contributed by atoms with Gasteiger partial charge in [0, 0.05) is 18.8 Å². The van der Waals surface area contributed by atoms with Crippen LogP contribution in [0.5, 0.6) is 0 Å². The molecule has 0 aromatic heterocycles. The van der Waals surface area contributed by atoms with Crippen molar-refractivity contribution in [2.45, 2.75) is 12.8 Å². The first-order valence-corrected chi connectivity index (χ1v) is 5.90. The molecule has 92 valence electrons. The highest BCUT2D eigenvalue weighted by Gasteiger charge is 2.14. The average Bonchev–Trinajstić information content (AvgIpc) is 2.39. The maximum absolute atomic E-state index is 11.1. The smallest absolute Gasteiger partial charge is 0.224 e. The fraction of sp³-hybridized carbons (Fsp3) is 0.462. The summed E-state index contributed by atoms with van der Waals surface area (Å²) in [5.74, 6) is -0.516. The molecule has 1 heterocycles. The lowest BCUT2D eigenvalue weighted by Gasteiger charge is -2.29. The van der Waals surface area contributed by atoms with Gasteiger partial charge in [-0.1, -0.05) is 12.1 Å². The number of rotatable bonds is 3. The minimum Gasteiger partial charge on any atom is -0.378 e. The van der Waals surface area contributed by atoms with E-state index in [1.54, 1.807) is 0 Å². The van der Waals surface area contributed by atoms with Crippen molar-refractivity contribution < 1.29 is 9.53 Å². The van der Waals surface area contributed by atoms with Gasteiger partial charge in [0.2, 0.25) is 5.91 Å². The first kappa shape index (κ1) is 11.9. The highest BCUT2D eigenvalue weighted by atomic mass is 16.5. The number of carbonyl (C=O) groups excluding carboxylic acids is 1. The van der Waals surface area contributed by atoms with E-state index < -0.39 is 0 Å². The standard InChI is InChI=1S/C13H18N2O2/c1-10(13(14)16)11-2-4-12(5-3-11)15-6-8-17-9-7-15/h2-5,10H,6-9H2,1H3,(H2,14,16). The van der Waals surface area contributed by atoms with Gasteiger partial charge in [0.15, 0.2) is 0 Å². The van der Waals surface area contributed by atoms with Crippen molar-refractivity contribution >= 4 is 11.6 Å². The molecular weight excluding hydrogens is 216 g/mol. The van der Waals surface area contributed by atoms with Gasteiger partial charge in [0.1, 0.15) is 0 Å². The number of morpholine rings is 1. The molecule has 0 bridgehead atoms. The molecule has 1 aliphatic heterocycles. The van der Waals surface area contributed by atoms with Gasteiger partial charge in [-0.3, -0.25) is 4.79 Å². The number of nitrogens with two attached hydrogens (primary N) is 1. The number of hydrogen-bond donors (Lipinski definition) is 1. The second-order valence-electron chi connectivity index (χ2n) is 4.32. The quantitative estimate of drug-likeness (QED) is 0.852. The van der Waals surface area contributed by atoms with Gasteiger partial charge in [0.25, 0.3) is 0 Å². The van der Waals surface area contributed by atoms with E-state index in [4.69, 9.17) is 10.5 Å². The zero-order valence-electron chi connectivity index (χ0n) is 10.1. The molecule has 0 spiro atoms. The molecule has 1 unspecified atom stereocenters. The second-order valence-corrected chi connectivity index (χ2v) is 4.32. The molecule has 1 amide bonds. The van der Waals surface area contributed by atoms with Crippen LogP contribution in [0.4, 0.5) is 5.69 Å². The summed E-state index contributed by atoms with van der Waals surface area (Å²) in [5, 5.41) is 0. The van der Waals surface area contributed by atoms with Gasteiger partial charge in [0.05, 0.1) is 19.1 Å². The van der Waals surface area contributed by atoms with Crippen molar-refractivity contribution in [1.29, 1.82) is 0 Å². The lowest BCUT2D eigenvalue weighted by molar-refractivity contribution is -0.119. The van der Waals surface area contributed by atoms with Gasteiger partial charge >= 0.3 is 0 Å². The van der Waals surface area contributed by atoms with Gasteiger partial charge in [-0.15, -0.1) is 0 Å². The van der Waals surface area contributed by atoms with Crippen LogP contribution in [-0.4, -0.2) is 32.2 Å². The summed E-state index contributed by atoms with van der Waals surface area (Å²) in [7, 11) is 0. The van der Waals surface area contributed by atoms with E-state index >= 15 is 0 Å². The molecular formula is C13H18N2O2. The van der Waals surface area contributed by atoms with Crippen molar-refractivity contribution in [3.8, 4) is 0 Å². The number of anilines is 1. The molecule has 4 heteroatoms. The summed E-state index contributed by atoms with van der Waals surface area (Å²) in [6, 6.07) is 8.03. The van der Waals surface area contributed by atoms with Crippen LogP contribution in [0.15, 0.2) is 24.3 Å². The van der Waals surface area contributed by atoms with Gasteiger partial charge in [-0.25, -0.2) is 0 Å². The average molecular weight is 234 g/mol. The monoisotopic (exact) mass is 234 g/mol. The molecule has 1 atom stereocenters. The third kappa shape index (κ3) is 2.77. The lowest BCUT2D eigenvalue weighted by atomic mass is 10.0. The van der Waals surface area contributed by atoms with Crippen LogP contribution in [0.3, 0.4) is 0 Å². The first-order valence-electron chi connectivity index (χ1n) is 5.90. The molecule has 4 nitrogen and oxygen atoms in total. The molecule has 1 aromatic carbocycles. The van der Waals surface area contributed by atoms with Crippen molar-refractivity contribution in [3.63, 3.8) is 0 Å². The number of benzene rings is 1. The largest absolute Gasteiger partial charge is 0.378 e. The molecule has 17 heavy (non-hydrogen) atoms. The number of nitrogens with zero attached hydrogens (tertiary/aromatic N) is 1. The van der Waals surface area contributed by atoms with Crippen molar-refractivity contribution in [3.05, 3.63) is 29.8 Å². The summed E-state index contributed by atoms with van der Waals surface area (Å²) in [4.78, 5) is 13.4. The van der Waals surface area contributed by atoms with E-state index in [-0.39, 0.29) is 11.8 Å². The van der Waals surface area contributed by atoms with E-state index in [0.29, 0.717) is 0 Å². The van der Waals surface area contributed by atoms with Crippen LogP contribution in [0, 0.1) is 0 Å². The number of primary amides is 1. The van der Waals surface area contributed by atoms with Gasteiger partial charge in [-0.2, -0.15) is 0 Å². The van der Waals surface area contributed by atoms with Gasteiger partial charge in [-0.05, 0) is 24.6 Å². The van der Waals surface area contributed by atoms with Crippen molar-refractivity contribution in [2.24, 2.45) is 5.73 Å². The molecule has 1 fully saturated rings. The van der Waals surface area contributed by atoms with E-state index in [1.165, 1.54) is 5.69 Å². The Kier molecular flexibility index (Phi) is 3.64. The van der Waals surface area contributed by atoms with Crippen LogP contribution in [0.25, 0.3) is 0 Å². The number of carbonyl (C=O) groups is 1. The first-order chi connectivity index (χ1) is 8.18. The van der Waals surface area contributed by atoms with Crippen LogP contribution < -0.4 is 10.6 Å². The molecule has 0 radical (unpaired) electrons. The Morgan fingerprint density at radius 2 is 1.88 bits per heavy atom. The highest BCUT2D eigenvalue weighted by molar-refractivity contribution is 5.81. The molecule has 1 aliphatic rings. The summed E-state index contributed by atoms with van der Waals surface area (Å²) < 4.78 is 5.31. The minimum absolute atomic E-state index is 0.228. The fourth-order valence-corrected chi connectivity index (χ4v) is 1.96. The van der Waals surface area contributed by atoms with Crippen LogP contribution >= 0.6 is 0 Å². The summed E-state index contributed by atoms with van der Waals surface area (Å²) in [5.41, 5.74) is 7.42. The van der Waals surface area contributed by atoms with E-state index in [2.05, 4.69) is 4.90 Å². The minimum atomic E-state index is -0.288. The zero-order chi connectivity index (χ0) is 12.3. The third-order valence-corrected chi connectivity index (χ3v) is 3.20. The van der Waals surface area contributed by atoms with Crippen LogP contribution in [0.1, 0.15) is 18.4 Å². The Morgan fingerprint density at radius 1 is 1.29 bits per heavy atom. The number of ether oxygens (including phenoxy) is 1. The van der Waals surface area contributed by atoms with E-state index in [0.717, 1.165) is 31.9 Å². The molecule has 2 rings (SSSR count). The van der Waals surface area contributed by atoms with E-state index in [9.17, 15) is 4.79 Å². The summed E-state index contributed by atoms with van der Waals surface area (Å²) in [6.45, 7) is 5.22. The Morgan fingerprint density at radius 3 is 2.41 bits per heavy atom. The third-order valence-electron chi connectivity index (χ3n) is 3.20. The molecule has 1 aromatic rings. The Labute approximate surface area is 101 Å². The Hall–Kier alpha value is -1.55. The molecule has 1 saturated heterocycles. The SMILES string of the molecule is CC(C(N)=O)c1ccc(N2CCOCC2)cc1. The summed E-state index contributed by atoms with van der Waals surface area (Å²) >= 11 is 0. The lowest BCUT2D eigenvalue weighted by Crippen LogP contribution is -2.36. The topological polar surface area (TPSA) is 55.6 Å². The van der Waals surface area contributed by atoms with Crippen molar-refractivity contribution in [2.75, 3.05) is 31.2 Å². The Balaban J connectivity index is 2.09. The second kappa shape index (κ2) is 5.19. The fourth-order valence-electron chi connectivity index (χ4n) is 1.96. The predicted molar refractivity (Wildman–Crippen MR) is 67.1 cm³/mol. The predicted octanol–water partition coefficient (Wildman–Crippen LogP) is 1.11. The molecule has 0 saturated carbocycles.